The van der Waals surface area contributed by atoms with Gasteiger partial charge in [0.05, 0.1) is 0 Å². The molecule has 0 bridgehead atoms. The summed E-state index contributed by atoms with van der Waals surface area (Å²) in [5, 5.41) is 12.4. The van der Waals surface area contributed by atoms with Gasteiger partial charge in [-0.2, -0.15) is 0 Å². The number of amides is 3. The number of carboxylic acids is 1. The zero-order chi connectivity index (χ0) is 19.4. The summed E-state index contributed by atoms with van der Waals surface area (Å²) in [6.45, 7) is 3.14. The van der Waals surface area contributed by atoms with Crippen LogP contribution in [0.1, 0.15) is 18.9 Å². The number of urea groups is 1. The highest BCUT2D eigenvalue weighted by atomic mass is 16.4. The molecular weight excluding hydrogens is 348 g/mol. The molecule has 0 aliphatic carbocycles. The number of nitrogens with one attached hydrogen (secondary N) is 2. The Morgan fingerprint density at radius 1 is 1.15 bits per heavy atom. The lowest BCUT2D eigenvalue weighted by molar-refractivity contribution is -0.138. The van der Waals surface area contributed by atoms with Crippen LogP contribution in [0.4, 0.5) is 4.79 Å². The van der Waals surface area contributed by atoms with Gasteiger partial charge in [-0.25, -0.2) is 4.79 Å². The fourth-order valence-corrected chi connectivity index (χ4v) is 3.24. The molecule has 0 radical (unpaired) electrons. The van der Waals surface area contributed by atoms with E-state index in [2.05, 4.69) is 10.3 Å². The molecule has 2 aromatic rings. The molecule has 27 heavy (non-hydrogen) atoms. The van der Waals surface area contributed by atoms with Crippen LogP contribution < -0.4 is 5.32 Å². The summed E-state index contributed by atoms with van der Waals surface area (Å²) >= 11 is 0. The summed E-state index contributed by atoms with van der Waals surface area (Å²) in [6, 6.07) is 6.67. The number of hydrogen-bond acceptors (Lipinski definition) is 3. The van der Waals surface area contributed by atoms with Gasteiger partial charge in [-0.3, -0.25) is 9.59 Å². The number of nitrogens with zero attached hydrogens (tertiary/aromatic N) is 2. The van der Waals surface area contributed by atoms with Crippen molar-refractivity contribution in [1.29, 1.82) is 0 Å². The van der Waals surface area contributed by atoms with Crippen LogP contribution in [0.5, 0.6) is 0 Å². The number of aromatic nitrogens is 1. The SMILES string of the molecule is C[C@H](NC(=O)N1CCN(C(=O)CCc2c[nH]c3ccccc23)CC1)C(=O)O. The van der Waals surface area contributed by atoms with Crippen LogP contribution in [0.3, 0.4) is 0 Å². The topological polar surface area (TPSA) is 106 Å². The quantitative estimate of drug-likeness (QED) is 0.738. The second-order valence-electron chi connectivity index (χ2n) is 6.74. The van der Waals surface area contributed by atoms with Crippen molar-refractivity contribution in [2.24, 2.45) is 0 Å². The summed E-state index contributed by atoms with van der Waals surface area (Å²) in [4.78, 5) is 41.9. The summed E-state index contributed by atoms with van der Waals surface area (Å²) in [5.41, 5.74) is 2.19. The molecule has 0 spiro atoms. The van der Waals surface area contributed by atoms with Gasteiger partial charge in [0, 0.05) is 49.7 Å². The van der Waals surface area contributed by atoms with E-state index in [4.69, 9.17) is 5.11 Å². The Bertz CT molecular complexity index is 839. The van der Waals surface area contributed by atoms with Crippen molar-refractivity contribution < 1.29 is 19.5 Å². The first-order chi connectivity index (χ1) is 13.0. The van der Waals surface area contributed by atoms with Crippen LogP contribution in [-0.4, -0.2) is 70.0 Å². The van der Waals surface area contributed by atoms with Gasteiger partial charge in [0.25, 0.3) is 0 Å². The molecule has 1 aromatic carbocycles. The van der Waals surface area contributed by atoms with Gasteiger partial charge < -0.3 is 25.2 Å². The normalized spacial score (nSPS) is 15.6. The smallest absolute Gasteiger partial charge is 0.325 e. The molecule has 0 saturated carbocycles. The fourth-order valence-electron chi connectivity index (χ4n) is 3.24. The number of hydrogen-bond donors (Lipinski definition) is 3. The molecule has 3 amide bonds. The Balaban J connectivity index is 1.47. The molecule has 3 N–H and O–H groups in total. The number of aryl methyl sites for hydroxylation is 1. The Labute approximate surface area is 157 Å². The van der Waals surface area contributed by atoms with Gasteiger partial charge in [0.2, 0.25) is 5.91 Å². The molecule has 1 aliphatic heterocycles. The molecule has 1 aliphatic rings. The molecule has 8 heteroatoms. The molecule has 1 fully saturated rings. The van der Waals surface area contributed by atoms with E-state index >= 15 is 0 Å². The van der Waals surface area contributed by atoms with Gasteiger partial charge in [-0.1, -0.05) is 18.2 Å². The summed E-state index contributed by atoms with van der Waals surface area (Å²) in [7, 11) is 0. The standard InChI is InChI=1S/C19H24N4O4/c1-13(18(25)26)21-19(27)23-10-8-22(9-11-23)17(24)7-6-14-12-20-16-5-3-2-4-15(14)16/h2-5,12-13,20H,6-11H2,1H3,(H,21,27)(H,25,26)/t13-/m0/s1. The second kappa shape index (κ2) is 8.11. The highest BCUT2D eigenvalue weighted by Gasteiger charge is 2.25. The van der Waals surface area contributed by atoms with Crippen LogP contribution in [0, 0.1) is 0 Å². The van der Waals surface area contributed by atoms with Crippen molar-refractivity contribution in [3.05, 3.63) is 36.0 Å². The fraction of sp³-hybridized carbons (Fsp3) is 0.421. The first-order valence-corrected chi connectivity index (χ1v) is 9.06. The number of benzene rings is 1. The first-order valence-electron chi connectivity index (χ1n) is 9.06. The molecule has 8 nitrogen and oxygen atoms in total. The number of piperazine rings is 1. The minimum atomic E-state index is -1.07. The van der Waals surface area contributed by atoms with E-state index in [0.717, 1.165) is 16.5 Å². The predicted octanol–water partition coefficient (Wildman–Crippen LogP) is 1.43. The van der Waals surface area contributed by atoms with Gasteiger partial charge >= 0.3 is 12.0 Å². The van der Waals surface area contributed by atoms with E-state index in [-0.39, 0.29) is 5.91 Å². The third-order valence-corrected chi connectivity index (χ3v) is 4.91. The Morgan fingerprint density at radius 2 is 1.81 bits per heavy atom. The zero-order valence-electron chi connectivity index (χ0n) is 15.3. The second-order valence-corrected chi connectivity index (χ2v) is 6.74. The Morgan fingerprint density at radius 3 is 2.52 bits per heavy atom. The number of rotatable bonds is 5. The minimum Gasteiger partial charge on any atom is -0.480 e. The number of carboxylic acid groups (broad SMARTS) is 1. The monoisotopic (exact) mass is 372 g/mol. The van der Waals surface area contributed by atoms with Crippen LogP contribution >= 0.6 is 0 Å². The molecule has 1 saturated heterocycles. The summed E-state index contributed by atoms with van der Waals surface area (Å²) < 4.78 is 0. The minimum absolute atomic E-state index is 0.0687. The Hall–Kier alpha value is -3.03. The van der Waals surface area contributed by atoms with Crippen LogP contribution in [0.25, 0.3) is 10.9 Å². The van der Waals surface area contributed by atoms with Crippen molar-refractivity contribution in [3.63, 3.8) is 0 Å². The molecular formula is C19H24N4O4. The average Bonchev–Trinajstić information content (AvgIpc) is 3.09. The van der Waals surface area contributed by atoms with Gasteiger partial charge in [0.15, 0.2) is 0 Å². The number of H-pyrrole nitrogens is 1. The number of para-hydroxylation sites is 1. The summed E-state index contributed by atoms with van der Waals surface area (Å²) in [6.07, 6.45) is 3.04. The molecule has 144 valence electrons. The maximum absolute atomic E-state index is 12.5. The van der Waals surface area contributed by atoms with E-state index in [0.29, 0.717) is 39.0 Å². The largest absolute Gasteiger partial charge is 0.480 e. The third-order valence-electron chi connectivity index (χ3n) is 4.91. The maximum Gasteiger partial charge on any atom is 0.325 e. The Kier molecular flexibility index (Phi) is 5.63. The van der Waals surface area contributed by atoms with Crippen molar-refractivity contribution >= 4 is 28.8 Å². The number of fused-ring (bicyclic) bond motifs is 1. The molecule has 2 heterocycles. The zero-order valence-corrected chi connectivity index (χ0v) is 15.3. The first kappa shape index (κ1) is 18.8. The maximum atomic E-state index is 12.5. The van der Waals surface area contributed by atoms with Gasteiger partial charge in [0.1, 0.15) is 6.04 Å². The van der Waals surface area contributed by atoms with Crippen LogP contribution in [-0.2, 0) is 16.0 Å². The number of carbonyl (C=O) groups is 3. The van der Waals surface area contributed by atoms with Crippen molar-refractivity contribution in [2.75, 3.05) is 26.2 Å². The summed E-state index contributed by atoms with van der Waals surface area (Å²) in [5.74, 6) is -1.01. The molecule has 0 unspecified atom stereocenters. The van der Waals surface area contributed by atoms with Gasteiger partial charge in [-0.05, 0) is 25.0 Å². The lowest BCUT2D eigenvalue weighted by Gasteiger charge is -2.35. The van der Waals surface area contributed by atoms with E-state index in [9.17, 15) is 14.4 Å². The number of aliphatic carboxylic acids is 1. The van der Waals surface area contributed by atoms with Crippen molar-refractivity contribution in [1.82, 2.24) is 20.1 Å². The third kappa shape index (κ3) is 4.39. The highest BCUT2D eigenvalue weighted by Crippen LogP contribution is 2.19. The van der Waals surface area contributed by atoms with E-state index in [1.54, 1.807) is 9.80 Å². The number of carbonyl (C=O) groups excluding carboxylic acids is 2. The number of aromatic amines is 1. The van der Waals surface area contributed by atoms with Crippen LogP contribution in [0.2, 0.25) is 0 Å². The van der Waals surface area contributed by atoms with E-state index < -0.39 is 18.0 Å². The van der Waals surface area contributed by atoms with E-state index in [1.807, 2.05) is 30.5 Å². The van der Waals surface area contributed by atoms with Crippen molar-refractivity contribution in [2.45, 2.75) is 25.8 Å². The molecule has 1 atom stereocenters. The predicted molar refractivity (Wildman–Crippen MR) is 100 cm³/mol. The van der Waals surface area contributed by atoms with Crippen molar-refractivity contribution in [3.8, 4) is 0 Å². The molecule has 1 aromatic heterocycles. The highest BCUT2D eigenvalue weighted by molar-refractivity contribution is 5.84. The average molecular weight is 372 g/mol. The molecule has 3 rings (SSSR count). The van der Waals surface area contributed by atoms with Crippen LogP contribution in [0.15, 0.2) is 30.5 Å². The lowest BCUT2D eigenvalue weighted by atomic mass is 10.1. The van der Waals surface area contributed by atoms with E-state index in [1.165, 1.54) is 6.92 Å². The lowest BCUT2D eigenvalue weighted by Crippen LogP contribution is -2.55. The van der Waals surface area contributed by atoms with Gasteiger partial charge in [-0.15, -0.1) is 0 Å².